The monoisotopic (exact) mass is 344 g/mol. The van der Waals surface area contributed by atoms with E-state index >= 15 is 0 Å². The molecule has 4 heteroatoms. The number of aryl methyl sites for hydroxylation is 2. The van der Waals surface area contributed by atoms with Gasteiger partial charge in [-0.3, -0.25) is 0 Å². The van der Waals surface area contributed by atoms with Gasteiger partial charge in [-0.15, -0.1) is 11.3 Å². The highest BCUT2D eigenvalue weighted by molar-refractivity contribution is 7.13. The summed E-state index contributed by atoms with van der Waals surface area (Å²) in [6.45, 7) is 7.42. The Kier molecular flexibility index (Phi) is 4.73. The van der Waals surface area contributed by atoms with Crippen LogP contribution >= 0.6 is 11.3 Å². The number of benzene rings is 1. The molecule has 0 saturated heterocycles. The number of ether oxygens (including phenoxy) is 1. The van der Waals surface area contributed by atoms with Gasteiger partial charge in [0, 0.05) is 13.0 Å². The van der Waals surface area contributed by atoms with Gasteiger partial charge >= 0.3 is 5.97 Å². The Morgan fingerprint density at radius 1 is 1.17 bits per heavy atom. The molecule has 0 atom stereocenters. The molecule has 0 amide bonds. The minimum atomic E-state index is -1.17. The van der Waals surface area contributed by atoms with E-state index in [2.05, 4.69) is 37.2 Å². The van der Waals surface area contributed by atoms with E-state index < -0.39 is 8.07 Å². The number of hydrogen-bond acceptors (Lipinski definition) is 3. The first kappa shape index (κ1) is 16.5. The smallest absolute Gasteiger partial charge is 0.338 e. The Morgan fingerprint density at radius 3 is 2.74 bits per heavy atom. The zero-order chi connectivity index (χ0) is 16.4. The molecule has 1 aromatic heterocycles. The van der Waals surface area contributed by atoms with E-state index in [1.54, 1.807) is 11.3 Å². The Hall–Kier alpha value is -1.39. The first-order valence-corrected chi connectivity index (χ1v) is 12.9. The van der Waals surface area contributed by atoms with Crippen LogP contribution in [0.15, 0.2) is 29.6 Å². The fourth-order valence-electron chi connectivity index (χ4n) is 2.90. The van der Waals surface area contributed by atoms with Crippen LogP contribution in [0.3, 0.4) is 0 Å². The highest BCUT2D eigenvalue weighted by Gasteiger charge is 2.19. The maximum Gasteiger partial charge on any atom is 0.338 e. The molecule has 0 aliphatic heterocycles. The molecule has 1 aromatic carbocycles. The van der Waals surface area contributed by atoms with Crippen molar-refractivity contribution in [1.29, 1.82) is 0 Å². The molecule has 1 aliphatic carbocycles. The summed E-state index contributed by atoms with van der Waals surface area (Å²) in [5.41, 5.74) is 4.68. The first-order chi connectivity index (χ1) is 10.9. The van der Waals surface area contributed by atoms with E-state index in [1.165, 1.54) is 28.0 Å². The lowest BCUT2D eigenvalue weighted by molar-refractivity contribution is 0.0525. The molecule has 0 spiro atoms. The summed E-state index contributed by atoms with van der Waals surface area (Å²) in [6.07, 6.45) is 3.39. The van der Waals surface area contributed by atoms with Crippen LogP contribution in [-0.4, -0.2) is 20.7 Å². The van der Waals surface area contributed by atoms with E-state index in [4.69, 9.17) is 4.74 Å². The number of rotatable bonds is 4. The average Bonchev–Trinajstić information content (AvgIpc) is 2.88. The van der Waals surface area contributed by atoms with E-state index in [1.807, 2.05) is 12.1 Å². The molecule has 23 heavy (non-hydrogen) atoms. The van der Waals surface area contributed by atoms with E-state index in [9.17, 15) is 4.79 Å². The van der Waals surface area contributed by atoms with E-state index in [0.29, 0.717) is 12.2 Å². The van der Waals surface area contributed by atoms with Crippen molar-refractivity contribution in [1.82, 2.24) is 0 Å². The van der Waals surface area contributed by atoms with Crippen LogP contribution in [-0.2, 0) is 17.6 Å². The second kappa shape index (κ2) is 6.61. The predicted molar refractivity (Wildman–Crippen MR) is 100 cm³/mol. The van der Waals surface area contributed by atoms with Crippen molar-refractivity contribution in [3.8, 4) is 10.4 Å². The van der Waals surface area contributed by atoms with Gasteiger partial charge < -0.3 is 4.74 Å². The van der Waals surface area contributed by atoms with Gasteiger partial charge in [0.05, 0.1) is 12.2 Å². The highest BCUT2D eigenvalue weighted by Crippen LogP contribution is 2.37. The number of esters is 1. The number of fused-ring (bicyclic) bond motifs is 3. The van der Waals surface area contributed by atoms with Crippen molar-refractivity contribution in [3.63, 3.8) is 0 Å². The Morgan fingerprint density at radius 2 is 1.96 bits per heavy atom. The summed E-state index contributed by atoms with van der Waals surface area (Å²) in [5, 5.41) is 2.15. The van der Waals surface area contributed by atoms with Gasteiger partial charge in [-0.25, -0.2) is 4.79 Å². The van der Waals surface area contributed by atoms with Crippen LogP contribution in [0.1, 0.15) is 27.9 Å². The largest absolute Gasteiger partial charge is 0.462 e. The molecule has 2 nitrogen and oxygen atoms in total. The van der Waals surface area contributed by atoms with Gasteiger partial charge in [0.15, 0.2) is 0 Å². The summed E-state index contributed by atoms with van der Waals surface area (Å²) in [4.78, 5) is 13.7. The topological polar surface area (TPSA) is 26.3 Å². The van der Waals surface area contributed by atoms with Crippen molar-refractivity contribution in [3.05, 3.63) is 46.3 Å². The summed E-state index contributed by atoms with van der Waals surface area (Å²) in [6, 6.07) is 9.30. The van der Waals surface area contributed by atoms with Gasteiger partial charge in [0.2, 0.25) is 0 Å². The number of hydrogen-bond donors (Lipinski definition) is 0. The maximum atomic E-state index is 12.3. The molecule has 1 heterocycles. The van der Waals surface area contributed by atoms with Crippen LogP contribution in [0.4, 0.5) is 0 Å². The lowest BCUT2D eigenvalue weighted by atomic mass is 10.0. The molecule has 0 bridgehead atoms. The molecule has 0 unspecified atom stereocenters. The predicted octanol–water partition coefficient (Wildman–Crippen LogP) is 5.40. The van der Waals surface area contributed by atoms with Gasteiger partial charge in [0.1, 0.15) is 0 Å². The maximum absolute atomic E-state index is 12.3. The molecule has 2 aromatic rings. The van der Waals surface area contributed by atoms with Crippen LogP contribution < -0.4 is 0 Å². The van der Waals surface area contributed by atoms with Crippen molar-refractivity contribution in [2.45, 2.75) is 44.9 Å². The molecule has 1 aliphatic rings. The van der Waals surface area contributed by atoms with E-state index in [-0.39, 0.29) is 5.97 Å². The van der Waals surface area contributed by atoms with Crippen molar-refractivity contribution < 1.29 is 9.53 Å². The molecule has 0 fully saturated rings. The van der Waals surface area contributed by atoms with Gasteiger partial charge in [0.25, 0.3) is 0 Å². The number of thiophene rings is 1. The van der Waals surface area contributed by atoms with Crippen LogP contribution in [0, 0.1) is 0 Å². The second-order valence-electron chi connectivity index (χ2n) is 7.45. The summed E-state index contributed by atoms with van der Waals surface area (Å²) < 4.78 is 5.50. The number of carbonyl (C=O) groups is 1. The fourth-order valence-corrected chi connectivity index (χ4v) is 4.63. The minimum Gasteiger partial charge on any atom is -0.462 e. The van der Waals surface area contributed by atoms with Crippen molar-refractivity contribution in [2.75, 3.05) is 6.61 Å². The zero-order valence-electron chi connectivity index (χ0n) is 14.1. The summed E-state index contributed by atoms with van der Waals surface area (Å²) in [7, 11) is -1.17. The molecule has 0 saturated carbocycles. The third-order valence-electron chi connectivity index (χ3n) is 4.31. The van der Waals surface area contributed by atoms with Crippen molar-refractivity contribution >= 4 is 25.4 Å². The lowest BCUT2D eigenvalue weighted by Crippen LogP contribution is -2.22. The third kappa shape index (κ3) is 3.93. The molecule has 0 N–H and O–H groups in total. The van der Waals surface area contributed by atoms with Gasteiger partial charge in [-0.2, -0.15) is 0 Å². The SMILES string of the molecule is C[Si](C)(C)CCOC(=O)c1ccc2c(c1)-c1sccc1CCC2. The van der Waals surface area contributed by atoms with Gasteiger partial charge in [-0.05, 0) is 65.6 Å². The quantitative estimate of drug-likeness (QED) is 0.548. The fraction of sp³-hybridized carbons (Fsp3) is 0.421. The van der Waals surface area contributed by atoms with Crippen LogP contribution in [0.25, 0.3) is 10.4 Å². The normalized spacial score (nSPS) is 13.9. The Labute approximate surface area is 143 Å². The Bertz CT molecular complexity index is 712. The highest BCUT2D eigenvalue weighted by atomic mass is 32.1. The zero-order valence-corrected chi connectivity index (χ0v) is 16.0. The summed E-state index contributed by atoms with van der Waals surface area (Å²) in [5.74, 6) is -0.187. The van der Waals surface area contributed by atoms with Gasteiger partial charge in [-0.1, -0.05) is 25.7 Å². The standard InChI is InChI=1S/C19H24O2SSi/c1-23(2,3)12-10-21-19(20)16-8-7-14-5-4-6-15-9-11-22-18(15)17(14)13-16/h7-9,11,13H,4-6,10,12H2,1-3H3. The average molecular weight is 345 g/mol. The second-order valence-corrected chi connectivity index (χ2v) is 14.0. The Balaban J connectivity index is 1.80. The molecule has 0 radical (unpaired) electrons. The molecular weight excluding hydrogens is 320 g/mol. The minimum absolute atomic E-state index is 0.187. The first-order valence-electron chi connectivity index (χ1n) is 8.31. The van der Waals surface area contributed by atoms with Crippen LogP contribution in [0.5, 0.6) is 0 Å². The summed E-state index contributed by atoms with van der Waals surface area (Å²) >= 11 is 1.78. The molecule has 3 rings (SSSR count). The lowest BCUT2D eigenvalue weighted by Gasteiger charge is -2.15. The van der Waals surface area contributed by atoms with Crippen molar-refractivity contribution in [2.24, 2.45) is 0 Å². The number of carbonyl (C=O) groups excluding carboxylic acids is 1. The molecular formula is C19H24O2SSi. The third-order valence-corrected chi connectivity index (χ3v) is 7.01. The molecule has 122 valence electrons. The van der Waals surface area contributed by atoms with Crippen LogP contribution in [0.2, 0.25) is 25.7 Å². The van der Waals surface area contributed by atoms with E-state index in [0.717, 1.165) is 18.9 Å².